The number of benzene rings is 1. The van der Waals surface area contributed by atoms with Crippen LogP contribution in [0.1, 0.15) is 23.2 Å². The minimum Gasteiger partial charge on any atom is -0.378 e. The first kappa shape index (κ1) is 22.5. The van der Waals surface area contributed by atoms with E-state index in [-0.39, 0.29) is 23.7 Å². The van der Waals surface area contributed by atoms with Gasteiger partial charge in [0.2, 0.25) is 5.91 Å². The van der Waals surface area contributed by atoms with Crippen molar-refractivity contribution < 1.29 is 14.3 Å². The standard InChI is InChI=1S/C26H27N7O3/c27-11-16-14-33(15-16)26(35)22(18-1-2-18)31-25(34)20-12-28-24-23(20)30-21(13-29-24)17-3-5-19(6-4-17)32-7-9-36-10-8-32/h3-6,12-13,16,18,22H,1-2,7-10,14-15H2,(H,28,29)(H,31,34)/t22-/m1/s1. The summed E-state index contributed by atoms with van der Waals surface area (Å²) in [4.78, 5) is 42.4. The number of H-pyrrole nitrogens is 1. The Hall–Kier alpha value is -3.97. The zero-order valence-electron chi connectivity index (χ0n) is 19.8. The van der Waals surface area contributed by atoms with E-state index in [1.165, 1.54) is 0 Å². The van der Waals surface area contributed by atoms with Crippen LogP contribution in [0.15, 0.2) is 36.7 Å². The molecule has 6 rings (SSSR count). The van der Waals surface area contributed by atoms with Crippen molar-refractivity contribution in [2.24, 2.45) is 11.8 Å². The molecule has 36 heavy (non-hydrogen) atoms. The summed E-state index contributed by atoms with van der Waals surface area (Å²) < 4.78 is 5.43. The summed E-state index contributed by atoms with van der Waals surface area (Å²) in [5.74, 6) is -0.434. The molecule has 4 heterocycles. The van der Waals surface area contributed by atoms with Crippen molar-refractivity contribution in [2.45, 2.75) is 18.9 Å². The number of nitriles is 1. The van der Waals surface area contributed by atoms with Gasteiger partial charge in [-0.25, -0.2) is 9.97 Å². The van der Waals surface area contributed by atoms with E-state index in [0.29, 0.717) is 35.5 Å². The van der Waals surface area contributed by atoms with Crippen LogP contribution in [0.3, 0.4) is 0 Å². The third kappa shape index (κ3) is 4.27. The maximum Gasteiger partial charge on any atom is 0.255 e. The van der Waals surface area contributed by atoms with Crippen molar-refractivity contribution in [3.8, 4) is 17.3 Å². The zero-order chi connectivity index (χ0) is 24.6. The van der Waals surface area contributed by atoms with Gasteiger partial charge in [0.25, 0.3) is 5.91 Å². The largest absolute Gasteiger partial charge is 0.378 e. The molecule has 0 unspecified atom stereocenters. The molecule has 2 aliphatic heterocycles. The number of morpholine rings is 1. The number of ether oxygens (including phenoxy) is 1. The molecule has 0 bridgehead atoms. The average Bonchev–Trinajstić information content (AvgIpc) is 3.65. The van der Waals surface area contributed by atoms with E-state index in [1.807, 2.05) is 12.1 Å². The average molecular weight is 486 g/mol. The maximum absolute atomic E-state index is 13.2. The molecule has 3 aromatic rings. The molecule has 2 N–H and O–H groups in total. The van der Waals surface area contributed by atoms with Crippen molar-refractivity contribution in [1.29, 1.82) is 5.26 Å². The van der Waals surface area contributed by atoms with Crippen LogP contribution in [0.25, 0.3) is 22.4 Å². The fourth-order valence-electron chi connectivity index (χ4n) is 4.83. The molecular weight excluding hydrogens is 458 g/mol. The first-order chi connectivity index (χ1) is 17.6. The molecule has 3 aliphatic rings. The predicted octanol–water partition coefficient (Wildman–Crippen LogP) is 1.95. The summed E-state index contributed by atoms with van der Waals surface area (Å²) in [7, 11) is 0. The minimum atomic E-state index is -0.578. The Labute approximate surface area is 208 Å². The number of anilines is 1. The van der Waals surface area contributed by atoms with Gasteiger partial charge < -0.3 is 24.8 Å². The summed E-state index contributed by atoms with van der Waals surface area (Å²) in [6.45, 7) is 4.06. The molecule has 0 spiro atoms. The highest BCUT2D eigenvalue weighted by atomic mass is 16.5. The number of aromatic nitrogens is 3. The van der Waals surface area contributed by atoms with Crippen LogP contribution in [0.4, 0.5) is 5.69 Å². The van der Waals surface area contributed by atoms with E-state index in [9.17, 15) is 9.59 Å². The van der Waals surface area contributed by atoms with E-state index in [1.54, 1.807) is 17.3 Å². The SMILES string of the molecule is N#CC1CN(C(=O)[C@H](NC(=O)c2c[nH]c3ncc(-c4ccc(N5CCOCC5)cc4)nc23)C2CC2)C1. The summed E-state index contributed by atoms with van der Waals surface area (Å²) >= 11 is 0. The van der Waals surface area contributed by atoms with Crippen LogP contribution >= 0.6 is 0 Å². The number of likely N-dealkylation sites (tertiary alicyclic amines) is 1. The Morgan fingerprint density at radius 3 is 2.61 bits per heavy atom. The van der Waals surface area contributed by atoms with E-state index in [2.05, 4.69) is 38.4 Å². The van der Waals surface area contributed by atoms with Crippen LogP contribution < -0.4 is 10.2 Å². The number of amides is 2. The molecule has 10 nitrogen and oxygen atoms in total. The normalized spacial score (nSPS) is 19.0. The first-order valence-electron chi connectivity index (χ1n) is 12.4. The number of hydrogen-bond donors (Lipinski definition) is 2. The second-order valence-electron chi connectivity index (χ2n) is 9.66. The summed E-state index contributed by atoms with van der Waals surface area (Å²) in [5, 5.41) is 12.0. The van der Waals surface area contributed by atoms with E-state index >= 15 is 0 Å². The lowest BCUT2D eigenvalue weighted by molar-refractivity contribution is -0.138. The highest BCUT2D eigenvalue weighted by molar-refractivity contribution is 6.06. The fourth-order valence-corrected chi connectivity index (χ4v) is 4.83. The van der Waals surface area contributed by atoms with Gasteiger partial charge in [0.1, 0.15) is 11.6 Å². The van der Waals surface area contributed by atoms with Crippen LogP contribution in [0.2, 0.25) is 0 Å². The number of carbonyl (C=O) groups is 2. The number of aromatic amines is 1. The van der Waals surface area contributed by atoms with E-state index in [0.717, 1.165) is 50.4 Å². The van der Waals surface area contributed by atoms with Crippen LogP contribution in [0, 0.1) is 23.2 Å². The van der Waals surface area contributed by atoms with E-state index < -0.39 is 6.04 Å². The lowest BCUT2D eigenvalue weighted by Gasteiger charge is -2.37. The van der Waals surface area contributed by atoms with Gasteiger partial charge in [-0.3, -0.25) is 9.59 Å². The highest BCUT2D eigenvalue weighted by Gasteiger charge is 2.43. The zero-order valence-corrected chi connectivity index (χ0v) is 19.8. The Balaban J connectivity index is 1.20. The monoisotopic (exact) mass is 485 g/mol. The number of fused-ring (bicyclic) bond motifs is 1. The molecule has 1 saturated carbocycles. The quantitative estimate of drug-likeness (QED) is 0.546. The smallest absolute Gasteiger partial charge is 0.255 e. The highest BCUT2D eigenvalue weighted by Crippen LogP contribution is 2.35. The van der Waals surface area contributed by atoms with E-state index in [4.69, 9.17) is 15.0 Å². The molecule has 2 aromatic heterocycles. The number of rotatable bonds is 6. The third-order valence-electron chi connectivity index (χ3n) is 7.19. The van der Waals surface area contributed by atoms with Crippen LogP contribution in [-0.4, -0.2) is 77.1 Å². The summed E-state index contributed by atoms with van der Waals surface area (Å²) in [5.41, 5.74) is 4.06. The fraction of sp³-hybridized carbons (Fsp3) is 0.423. The van der Waals surface area contributed by atoms with Gasteiger partial charge >= 0.3 is 0 Å². The van der Waals surface area contributed by atoms with Gasteiger partial charge in [-0.15, -0.1) is 0 Å². The van der Waals surface area contributed by atoms with Gasteiger partial charge in [0, 0.05) is 43.6 Å². The maximum atomic E-state index is 13.2. The van der Waals surface area contributed by atoms with Crippen molar-refractivity contribution >= 4 is 28.7 Å². The Kier molecular flexibility index (Phi) is 5.77. The Bertz CT molecular complexity index is 1330. The van der Waals surface area contributed by atoms with Crippen molar-refractivity contribution in [3.63, 3.8) is 0 Å². The minimum absolute atomic E-state index is 0.107. The third-order valence-corrected chi connectivity index (χ3v) is 7.19. The number of carbonyl (C=O) groups excluding carboxylic acids is 2. The molecule has 184 valence electrons. The molecule has 10 heteroatoms. The summed E-state index contributed by atoms with van der Waals surface area (Å²) in [6, 6.07) is 9.76. The van der Waals surface area contributed by atoms with Crippen molar-refractivity contribution in [3.05, 3.63) is 42.2 Å². The molecular formula is C26H27N7O3. The Morgan fingerprint density at radius 1 is 1.17 bits per heavy atom. The van der Waals surface area contributed by atoms with Crippen molar-refractivity contribution in [1.82, 2.24) is 25.2 Å². The Morgan fingerprint density at radius 2 is 1.92 bits per heavy atom. The molecule has 2 saturated heterocycles. The van der Waals surface area contributed by atoms with Crippen LogP contribution in [-0.2, 0) is 9.53 Å². The number of nitrogens with zero attached hydrogens (tertiary/aromatic N) is 5. The van der Waals surface area contributed by atoms with Gasteiger partial charge in [0.05, 0.1) is 42.7 Å². The molecule has 1 atom stereocenters. The van der Waals surface area contributed by atoms with Gasteiger partial charge in [-0.2, -0.15) is 5.26 Å². The summed E-state index contributed by atoms with van der Waals surface area (Å²) in [6.07, 6.45) is 5.10. The van der Waals surface area contributed by atoms with Crippen molar-refractivity contribution in [2.75, 3.05) is 44.3 Å². The predicted molar refractivity (Wildman–Crippen MR) is 132 cm³/mol. The lowest BCUT2D eigenvalue weighted by Crippen LogP contribution is -2.57. The topological polar surface area (TPSA) is 127 Å². The molecule has 1 aromatic carbocycles. The number of nitrogens with one attached hydrogen (secondary N) is 2. The molecule has 2 amide bonds. The molecule has 1 aliphatic carbocycles. The first-order valence-corrected chi connectivity index (χ1v) is 12.4. The second kappa shape index (κ2) is 9.24. The van der Waals surface area contributed by atoms with Gasteiger partial charge in [0.15, 0.2) is 5.65 Å². The van der Waals surface area contributed by atoms with Crippen LogP contribution in [0.5, 0.6) is 0 Å². The molecule has 0 radical (unpaired) electrons. The molecule has 3 fully saturated rings. The lowest BCUT2D eigenvalue weighted by atomic mass is 9.99. The van der Waals surface area contributed by atoms with Gasteiger partial charge in [-0.1, -0.05) is 12.1 Å². The second-order valence-corrected chi connectivity index (χ2v) is 9.66. The van der Waals surface area contributed by atoms with Gasteiger partial charge in [-0.05, 0) is 30.9 Å². The number of hydrogen-bond acceptors (Lipinski definition) is 7.